The molecule has 1 aromatic rings. The number of aliphatic hydroxyl groups is 1. The van der Waals surface area contributed by atoms with E-state index >= 15 is 0 Å². The van der Waals surface area contributed by atoms with Gasteiger partial charge in [0.1, 0.15) is 5.75 Å². The summed E-state index contributed by atoms with van der Waals surface area (Å²) in [5.41, 5.74) is 1.26. The Kier molecular flexibility index (Phi) is 4.06. The first-order valence-corrected chi connectivity index (χ1v) is 6.60. The molecule has 0 saturated heterocycles. The maximum atomic E-state index is 9.77. The highest BCUT2D eigenvalue weighted by molar-refractivity contribution is 5.36. The van der Waals surface area contributed by atoms with Gasteiger partial charge in [0, 0.05) is 0 Å². The van der Waals surface area contributed by atoms with Crippen LogP contribution >= 0.6 is 0 Å². The predicted octanol–water partition coefficient (Wildman–Crippen LogP) is 3.49. The number of hydrogen-bond acceptors (Lipinski definition) is 2. The van der Waals surface area contributed by atoms with E-state index in [0.717, 1.165) is 31.4 Å². The summed E-state index contributed by atoms with van der Waals surface area (Å²) in [5, 5.41) is 9.77. The van der Waals surface area contributed by atoms with Gasteiger partial charge in [0.25, 0.3) is 0 Å². The van der Waals surface area contributed by atoms with Crippen molar-refractivity contribution in [3.63, 3.8) is 0 Å². The molecule has 1 saturated carbocycles. The lowest BCUT2D eigenvalue weighted by Crippen LogP contribution is -2.19. The van der Waals surface area contributed by atoms with Crippen LogP contribution in [0.3, 0.4) is 0 Å². The fraction of sp³-hybridized carbons (Fsp3) is 0.600. The largest absolute Gasteiger partial charge is 0.491 e. The molecule has 1 aromatic carbocycles. The van der Waals surface area contributed by atoms with E-state index in [4.69, 9.17) is 4.74 Å². The van der Waals surface area contributed by atoms with Crippen LogP contribution < -0.4 is 4.74 Å². The summed E-state index contributed by atoms with van der Waals surface area (Å²) >= 11 is 0. The average Bonchev–Trinajstić information content (AvgIpc) is 2.29. The summed E-state index contributed by atoms with van der Waals surface area (Å²) < 4.78 is 5.85. The molecule has 0 radical (unpaired) electrons. The fourth-order valence-corrected chi connectivity index (χ4v) is 2.63. The second-order valence-corrected chi connectivity index (χ2v) is 5.22. The molecule has 17 heavy (non-hydrogen) atoms. The van der Waals surface area contributed by atoms with E-state index in [1.807, 2.05) is 26.0 Å². The molecule has 0 spiro atoms. The summed E-state index contributed by atoms with van der Waals surface area (Å²) in [6.07, 6.45) is 4.16. The minimum absolute atomic E-state index is 0.138. The van der Waals surface area contributed by atoms with Crippen molar-refractivity contribution in [2.75, 3.05) is 0 Å². The molecule has 0 aromatic heterocycles. The van der Waals surface area contributed by atoms with E-state index in [2.05, 4.69) is 12.1 Å². The summed E-state index contributed by atoms with van der Waals surface area (Å²) in [5.74, 6) is 1.44. The second-order valence-electron chi connectivity index (χ2n) is 5.22. The van der Waals surface area contributed by atoms with Crippen molar-refractivity contribution in [2.45, 2.75) is 57.7 Å². The molecule has 1 aliphatic rings. The normalized spacial score (nSPS) is 24.9. The van der Waals surface area contributed by atoms with Crippen LogP contribution in [0.5, 0.6) is 5.75 Å². The molecule has 0 aliphatic heterocycles. The quantitative estimate of drug-likeness (QED) is 0.867. The number of aliphatic hydroxyl groups excluding tert-OH is 1. The predicted molar refractivity (Wildman–Crippen MR) is 69.4 cm³/mol. The van der Waals surface area contributed by atoms with E-state index < -0.39 is 0 Å². The zero-order chi connectivity index (χ0) is 12.3. The van der Waals surface area contributed by atoms with Crippen molar-refractivity contribution in [1.82, 2.24) is 0 Å². The topological polar surface area (TPSA) is 29.5 Å². The van der Waals surface area contributed by atoms with E-state index in [1.54, 1.807) is 0 Å². The number of rotatable bonds is 3. The lowest BCUT2D eigenvalue weighted by Gasteiger charge is -2.28. The molecule has 2 nitrogen and oxygen atoms in total. The fourth-order valence-electron chi connectivity index (χ4n) is 2.63. The van der Waals surface area contributed by atoms with Gasteiger partial charge in [-0.15, -0.1) is 0 Å². The van der Waals surface area contributed by atoms with Gasteiger partial charge in [0.2, 0.25) is 0 Å². The van der Waals surface area contributed by atoms with Crippen LogP contribution in [0.1, 0.15) is 51.0 Å². The van der Waals surface area contributed by atoms with Crippen LogP contribution in [0.4, 0.5) is 0 Å². The Morgan fingerprint density at radius 1 is 1.24 bits per heavy atom. The Bertz CT molecular complexity index is 360. The summed E-state index contributed by atoms with van der Waals surface area (Å²) in [4.78, 5) is 0. The number of benzene rings is 1. The Morgan fingerprint density at radius 2 is 2.00 bits per heavy atom. The van der Waals surface area contributed by atoms with Gasteiger partial charge in [-0.1, -0.05) is 24.6 Å². The molecule has 2 heteroatoms. The van der Waals surface area contributed by atoms with E-state index in [1.165, 1.54) is 5.56 Å². The van der Waals surface area contributed by atoms with E-state index in [9.17, 15) is 5.11 Å². The van der Waals surface area contributed by atoms with E-state index in [-0.39, 0.29) is 12.2 Å². The molecule has 0 amide bonds. The standard InChI is InChI=1S/C15H22O2/c1-11(2)17-15-9-4-3-8-14(15)12-6-5-7-13(16)10-12/h3-4,8-9,11-13,16H,5-7,10H2,1-2H3. The molecule has 0 bridgehead atoms. The third kappa shape index (κ3) is 3.22. The van der Waals surface area contributed by atoms with Crippen molar-refractivity contribution in [3.8, 4) is 5.75 Å². The summed E-state index contributed by atoms with van der Waals surface area (Å²) in [6.45, 7) is 4.10. The van der Waals surface area contributed by atoms with Gasteiger partial charge in [0.05, 0.1) is 12.2 Å². The second kappa shape index (κ2) is 5.54. The molecule has 94 valence electrons. The molecular formula is C15H22O2. The summed E-state index contributed by atoms with van der Waals surface area (Å²) in [7, 11) is 0. The Hall–Kier alpha value is -1.02. The van der Waals surface area contributed by atoms with Crippen LogP contribution in [-0.2, 0) is 0 Å². The Morgan fingerprint density at radius 3 is 2.71 bits per heavy atom. The smallest absolute Gasteiger partial charge is 0.123 e. The van der Waals surface area contributed by atoms with Gasteiger partial charge >= 0.3 is 0 Å². The molecule has 2 atom stereocenters. The highest BCUT2D eigenvalue weighted by Crippen LogP contribution is 2.37. The monoisotopic (exact) mass is 234 g/mol. The molecular weight excluding hydrogens is 212 g/mol. The van der Waals surface area contributed by atoms with E-state index in [0.29, 0.717) is 5.92 Å². The maximum Gasteiger partial charge on any atom is 0.123 e. The van der Waals surface area contributed by atoms with Gasteiger partial charge in [-0.2, -0.15) is 0 Å². The van der Waals surface area contributed by atoms with Crippen LogP contribution in [0.25, 0.3) is 0 Å². The Balaban J connectivity index is 2.18. The molecule has 1 aliphatic carbocycles. The molecule has 0 heterocycles. The van der Waals surface area contributed by atoms with Gasteiger partial charge < -0.3 is 9.84 Å². The highest BCUT2D eigenvalue weighted by Gasteiger charge is 2.24. The highest BCUT2D eigenvalue weighted by atomic mass is 16.5. The van der Waals surface area contributed by atoms with Crippen molar-refractivity contribution >= 4 is 0 Å². The summed E-state index contributed by atoms with van der Waals surface area (Å²) in [6, 6.07) is 8.25. The number of ether oxygens (including phenoxy) is 1. The van der Waals surface area contributed by atoms with Gasteiger partial charge in [-0.3, -0.25) is 0 Å². The van der Waals surface area contributed by atoms with Crippen LogP contribution in [0.2, 0.25) is 0 Å². The van der Waals surface area contributed by atoms with Crippen molar-refractivity contribution in [1.29, 1.82) is 0 Å². The molecule has 1 fully saturated rings. The zero-order valence-corrected chi connectivity index (χ0v) is 10.7. The lowest BCUT2D eigenvalue weighted by atomic mass is 9.82. The first-order valence-electron chi connectivity index (χ1n) is 6.60. The third-order valence-electron chi connectivity index (χ3n) is 3.37. The van der Waals surface area contributed by atoms with Gasteiger partial charge in [0.15, 0.2) is 0 Å². The molecule has 2 rings (SSSR count). The van der Waals surface area contributed by atoms with Gasteiger partial charge in [-0.25, -0.2) is 0 Å². The van der Waals surface area contributed by atoms with Crippen molar-refractivity contribution in [2.24, 2.45) is 0 Å². The molecule has 2 unspecified atom stereocenters. The van der Waals surface area contributed by atoms with Crippen molar-refractivity contribution < 1.29 is 9.84 Å². The van der Waals surface area contributed by atoms with Crippen LogP contribution in [-0.4, -0.2) is 17.3 Å². The lowest BCUT2D eigenvalue weighted by molar-refractivity contribution is 0.118. The SMILES string of the molecule is CC(C)Oc1ccccc1C1CCCC(O)C1. The first-order chi connectivity index (χ1) is 8.16. The average molecular weight is 234 g/mol. The number of hydrogen-bond donors (Lipinski definition) is 1. The van der Waals surface area contributed by atoms with Crippen molar-refractivity contribution in [3.05, 3.63) is 29.8 Å². The first kappa shape index (κ1) is 12.4. The third-order valence-corrected chi connectivity index (χ3v) is 3.37. The minimum atomic E-state index is -0.138. The maximum absolute atomic E-state index is 9.77. The Labute approximate surface area is 104 Å². The minimum Gasteiger partial charge on any atom is -0.491 e. The zero-order valence-electron chi connectivity index (χ0n) is 10.7. The van der Waals surface area contributed by atoms with Crippen LogP contribution in [0, 0.1) is 0 Å². The van der Waals surface area contributed by atoms with Crippen LogP contribution in [0.15, 0.2) is 24.3 Å². The number of para-hydroxylation sites is 1. The molecule has 1 N–H and O–H groups in total. The van der Waals surface area contributed by atoms with Gasteiger partial charge in [-0.05, 0) is 50.7 Å².